The summed E-state index contributed by atoms with van der Waals surface area (Å²) in [5.41, 5.74) is 7.54. The minimum Gasteiger partial charge on any atom is -0.326 e. The molecule has 2 aromatic heterocycles. The van der Waals surface area contributed by atoms with Crippen LogP contribution in [0.15, 0.2) is 29.0 Å². The lowest BCUT2D eigenvalue weighted by Crippen LogP contribution is -2.36. The van der Waals surface area contributed by atoms with Gasteiger partial charge in [0, 0.05) is 22.3 Å². The molecule has 4 heteroatoms. The fraction of sp³-hybridized carbons (Fsp3) is 0.429. The standard InChI is InChI=1S/C14H20N2S2/c1-10-6-8-18-14(10)13(11(2)15)16(3)9-12-5-4-7-17-12/h4-8,11,13H,9,15H2,1-3H3. The van der Waals surface area contributed by atoms with Crippen molar-refractivity contribution in [2.75, 3.05) is 7.05 Å². The molecule has 0 bridgehead atoms. The Bertz CT molecular complexity index is 474. The van der Waals surface area contributed by atoms with Gasteiger partial charge >= 0.3 is 0 Å². The molecule has 2 unspecified atom stereocenters. The molecule has 0 saturated heterocycles. The number of hydrogen-bond acceptors (Lipinski definition) is 4. The second-order valence-corrected chi connectivity index (χ2v) is 6.75. The van der Waals surface area contributed by atoms with E-state index in [0.29, 0.717) is 6.04 Å². The monoisotopic (exact) mass is 280 g/mol. The van der Waals surface area contributed by atoms with Crippen LogP contribution in [0.25, 0.3) is 0 Å². The van der Waals surface area contributed by atoms with Gasteiger partial charge in [-0.15, -0.1) is 22.7 Å². The zero-order valence-electron chi connectivity index (χ0n) is 11.1. The lowest BCUT2D eigenvalue weighted by molar-refractivity contribution is 0.215. The highest BCUT2D eigenvalue weighted by Crippen LogP contribution is 2.31. The molecule has 0 amide bonds. The number of nitrogens with zero attached hydrogens (tertiary/aromatic N) is 1. The van der Waals surface area contributed by atoms with Gasteiger partial charge in [0.15, 0.2) is 0 Å². The van der Waals surface area contributed by atoms with Gasteiger partial charge in [0.1, 0.15) is 0 Å². The number of nitrogens with two attached hydrogens (primary N) is 1. The fourth-order valence-electron chi connectivity index (χ4n) is 2.27. The minimum atomic E-state index is 0.132. The summed E-state index contributed by atoms with van der Waals surface area (Å²) >= 11 is 3.61. The Morgan fingerprint density at radius 3 is 2.56 bits per heavy atom. The van der Waals surface area contributed by atoms with Gasteiger partial charge in [0.2, 0.25) is 0 Å². The van der Waals surface area contributed by atoms with E-state index in [1.165, 1.54) is 15.3 Å². The molecular formula is C14H20N2S2. The maximum absolute atomic E-state index is 6.20. The first-order valence-corrected chi connectivity index (χ1v) is 7.87. The molecule has 2 atom stereocenters. The van der Waals surface area contributed by atoms with Crippen molar-refractivity contribution in [2.45, 2.75) is 32.5 Å². The van der Waals surface area contributed by atoms with Crippen molar-refractivity contribution in [3.63, 3.8) is 0 Å². The molecule has 0 aromatic carbocycles. The zero-order valence-corrected chi connectivity index (χ0v) is 12.7. The maximum atomic E-state index is 6.20. The summed E-state index contributed by atoms with van der Waals surface area (Å²) in [4.78, 5) is 5.14. The van der Waals surface area contributed by atoms with E-state index in [1.807, 2.05) is 11.3 Å². The number of hydrogen-bond donors (Lipinski definition) is 1. The van der Waals surface area contributed by atoms with Crippen LogP contribution < -0.4 is 5.73 Å². The highest BCUT2D eigenvalue weighted by atomic mass is 32.1. The van der Waals surface area contributed by atoms with E-state index < -0.39 is 0 Å². The largest absolute Gasteiger partial charge is 0.326 e. The third-order valence-electron chi connectivity index (χ3n) is 3.13. The Labute approximate surface area is 117 Å². The second kappa shape index (κ2) is 5.97. The van der Waals surface area contributed by atoms with Crippen molar-refractivity contribution in [2.24, 2.45) is 5.73 Å². The highest BCUT2D eigenvalue weighted by Gasteiger charge is 2.24. The summed E-state index contributed by atoms with van der Waals surface area (Å²) in [7, 11) is 2.16. The third-order valence-corrected chi connectivity index (χ3v) is 5.08. The molecule has 0 saturated carbocycles. The van der Waals surface area contributed by atoms with Gasteiger partial charge in [-0.1, -0.05) is 6.07 Å². The number of rotatable bonds is 5. The summed E-state index contributed by atoms with van der Waals surface area (Å²) < 4.78 is 0. The van der Waals surface area contributed by atoms with Crippen LogP contribution in [0.5, 0.6) is 0 Å². The molecule has 18 heavy (non-hydrogen) atoms. The molecule has 2 nitrogen and oxygen atoms in total. The average Bonchev–Trinajstić information content (AvgIpc) is 2.91. The summed E-state index contributed by atoms with van der Waals surface area (Å²) in [5.74, 6) is 0. The van der Waals surface area contributed by atoms with Gasteiger partial charge in [-0.25, -0.2) is 0 Å². The lowest BCUT2D eigenvalue weighted by Gasteiger charge is -2.30. The predicted octanol–water partition coefficient (Wildman–Crippen LogP) is 3.64. The van der Waals surface area contributed by atoms with E-state index in [2.05, 4.69) is 54.8 Å². The zero-order chi connectivity index (χ0) is 13.1. The van der Waals surface area contributed by atoms with Crippen LogP contribution in [0, 0.1) is 6.92 Å². The van der Waals surface area contributed by atoms with Crippen molar-refractivity contribution in [3.05, 3.63) is 44.3 Å². The highest BCUT2D eigenvalue weighted by molar-refractivity contribution is 7.10. The predicted molar refractivity (Wildman–Crippen MR) is 81.2 cm³/mol. The molecule has 2 N–H and O–H groups in total. The van der Waals surface area contributed by atoms with Gasteiger partial charge in [0.25, 0.3) is 0 Å². The second-order valence-electron chi connectivity index (χ2n) is 4.77. The first-order chi connectivity index (χ1) is 8.59. The average molecular weight is 280 g/mol. The van der Waals surface area contributed by atoms with Crippen molar-refractivity contribution >= 4 is 22.7 Å². The molecular weight excluding hydrogens is 260 g/mol. The van der Waals surface area contributed by atoms with Crippen molar-refractivity contribution in [1.29, 1.82) is 0 Å². The van der Waals surface area contributed by atoms with E-state index in [4.69, 9.17) is 5.73 Å². The number of thiophene rings is 2. The van der Waals surface area contributed by atoms with Crippen LogP contribution in [0.3, 0.4) is 0 Å². The Kier molecular flexibility index (Phi) is 4.56. The minimum absolute atomic E-state index is 0.132. The molecule has 2 aromatic rings. The van der Waals surface area contributed by atoms with E-state index in [-0.39, 0.29) is 6.04 Å². The van der Waals surface area contributed by atoms with E-state index in [0.717, 1.165) is 6.54 Å². The topological polar surface area (TPSA) is 29.3 Å². The lowest BCUT2D eigenvalue weighted by atomic mass is 10.0. The van der Waals surface area contributed by atoms with Crippen LogP contribution >= 0.6 is 22.7 Å². The van der Waals surface area contributed by atoms with Crippen LogP contribution in [0.4, 0.5) is 0 Å². The van der Waals surface area contributed by atoms with E-state index in [1.54, 1.807) is 11.3 Å². The third kappa shape index (κ3) is 3.01. The molecule has 0 spiro atoms. The number of likely N-dealkylation sites (N-methyl/N-ethyl adjacent to an activating group) is 1. The number of aryl methyl sites for hydroxylation is 1. The summed E-state index contributed by atoms with van der Waals surface area (Å²) in [5, 5.41) is 4.28. The van der Waals surface area contributed by atoms with Crippen LogP contribution in [-0.4, -0.2) is 18.0 Å². The molecule has 0 fully saturated rings. The Morgan fingerprint density at radius 1 is 1.28 bits per heavy atom. The Morgan fingerprint density at radius 2 is 2.06 bits per heavy atom. The maximum Gasteiger partial charge on any atom is 0.0594 e. The van der Waals surface area contributed by atoms with E-state index in [9.17, 15) is 0 Å². The molecule has 2 heterocycles. The molecule has 0 radical (unpaired) electrons. The Balaban J connectivity index is 2.18. The fourth-order valence-corrected chi connectivity index (χ4v) is 4.25. The SMILES string of the molecule is Cc1ccsc1C(C(C)N)N(C)Cc1cccs1. The van der Waals surface area contributed by atoms with Crippen LogP contribution in [0.2, 0.25) is 0 Å². The van der Waals surface area contributed by atoms with Gasteiger partial charge in [0.05, 0.1) is 6.04 Å². The molecule has 2 rings (SSSR count). The molecule has 98 valence electrons. The normalized spacial score (nSPS) is 14.9. The smallest absolute Gasteiger partial charge is 0.0594 e. The van der Waals surface area contributed by atoms with Gasteiger partial charge in [-0.3, -0.25) is 4.90 Å². The van der Waals surface area contributed by atoms with Crippen LogP contribution in [0.1, 0.15) is 28.3 Å². The van der Waals surface area contributed by atoms with Gasteiger partial charge in [-0.05, 0) is 49.4 Å². The molecule has 0 aliphatic heterocycles. The molecule has 0 aliphatic rings. The first kappa shape index (κ1) is 13.7. The van der Waals surface area contributed by atoms with Crippen molar-refractivity contribution in [1.82, 2.24) is 4.90 Å². The summed E-state index contributed by atoms with van der Waals surface area (Å²) in [6, 6.07) is 6.89. The van der Waals surface area contributed by atoms with Crippen LogP contribution in [-0.2, 0) is 6.54 Å². The van der Waals surface area contributed by atoms with Gasteiger partial charge in [-0.2, -0.15) is 0 Å². The Hall–Kier alpha value is -0.680. The summed E-state index contributed by atoms with van der Waals surface area (Å²) in [6.07, 6.45) is 0. The molecule has 0 aliphatic carbocycles. The van der Waals surface area contributed by atoms with Crippen molar-refractivity contribution < 1.29 is 0 Å². The summed E-state index contributed by atoms with van der Waals surface area (Å²) in [6.45, 7) is 5.22. The van der Waals surface area contributed by atoms with Gasteiger partial charge < -0.3 is 5.73 Å². The van der Waals surface area contributed by atoms with Crippen molar-refractivity contribution in [3.8, 4) is 0 Å². The first-order valence-electron chi connectivity index (χ1n) is 6.11. The van der Waals surface area contributed by atoms with E-state index >= 15 is 0 Å². The quantitative estimate of drug-likeness (QED) is 0.906.